The third-order valence-electron chi connectivity index (χ3n) is 3.47. The van der Waals surface area contributed by atoms with Crippen LogP contribution in [0.4, 0.5) is 5.69 Å². The minimum atomic E-state index is -0.510. The summed E-state index contributed by atoms with van der Waals surface area (Å²) >= 11 is 0. The van der Waals surface area contributed by atoms with E-state index in [-0.39, 0.29) is 17.5 Å². The molecule has 1 heterocycles. The molecule has 25 heavy (non-hydrogen) atoms. The molecule has 0 spiro atoms. The number of methoxy groups -OCH3 is 1. The highest BCUT2D eigenvalue weighted by molar-refractivity contribution is 6.13. The van der Waals surface area contributed by atoms with Crippen molar-refractivity contribution < 1.29 is 19.1 Å². The van der Waals surface area contributed by atoms with Gasteiger partial charge >= 0.3 is 5.97 Å². The minimum Gasteiger partial charge on any atom is -0.497 e. The molecule has 3 rings (SSSR count). The lowest BCUT2D eigenvalue weighted by Gasteiger charge is -2.02. The lowest BCUT2D eigenvalue weighted by atomic mass is 10.1. The number of ether oxygens (including phenoxy) is 2. The van der Waals surface area contributed by atoms with Crippen LogP contribution in [0.15, 0.2) is 59.2 Å². The molecule has 0 aromatic heterocycles. The summed E-state index contributed by atoms with van der Waals surface area (Å²) in [5, 5.41) is 2.68. The van der Waals surface area contributed by atoms with Gasteiger partial charge in [0.25, 0.3) is 0 Å². The first-order valence-corrected chi connectivity index (χ1v) is 7.60. The predicted octanol–water partition coefficient (Wildman–Crippen LogP) is 3.00. The Hall–Kier alpha value is -3.41. The van der Waals surface area contributed by atoms with Crippen LogP contribution in [0, 0.1) is 0 Å². The molecule has 6 nitrogen and oxygen atoms in total. The number of esters is 1. The zero-order valence-electron chi connectivity index (χ0n) is 13.8. The lowest BCUT2D eigenvalue weighted by Crippen LogP contribution is -2.05. The van der Waals surface area contributed by atoms with Crippen LogP contribution in [0.25, 0.3) is 6.08 Å². The molecule has 0 fully saturated rings. The van der Waals surface area contributed by atoms with Crippen molar-refractivity contribution in [3.8, 4) is 5.75 Å². The monoisotopic (exact) mass is 336 g/mol. The van der Waals surface area contributed by atoms with Crippen LogP contribution in [0.2, 0.25) is 0 Å². The Balaban J connectivity index is 1.84. The summed E-state index contributed by atoms with van der Waals surface area (Å²) in [6.07, 6.45) is 1.63. The van der Waals surface area contributed by atoms with E-state index >= 15 is 0 Å². The van der Waals surface area contributed by atoms with Gasteiger partial charge in [-0.1, -0.05) is 18.2 Å². The topological polar surface area (TPSA) is 77.0 Å². The molecule has 126 valence electrons. The molecular formula is C19H16N2O4. The summed E-state index contributed by atoms with van der Waals surface area (Å²) in [6, 6.07) is 14.2. The third kappa shape index (κ3) is 3.92. The van der Waals surface area contributed by atoms with Crippen molar-refractivity contribution in [3.05, 3.63) is 65.4 Å². The van der Waals surface area contributed by atoms with Gasteiger partial charge in [-0.15, -0.1) is 0 Å². The first-order chi connectivity index (χ1) is 12.0. The average molecular weight is 336 g/mol. The number of carbonyl (C=O) groups excluding carboxylic acids is 2. The number of benzene rings is 2. The Morgan fingerprint density at radius 1 is 1.20 bits per heavy atom. The fourth-order valence-corrected chi connectivity index (χ4v) is 2.31. The Bertz CT molecular complexity index is 883. The average Bonchev–Trinajstić information content (AvgIpc) is 2.97. The van der Waals surface area contributed by atoms with Crippen molar-refractivity contribution in [1.29, 1.82) is 0 Å². The fourth-order valence-electron chi connectivity index (χ4n) is 2.31. The van der Waals surface area contributed by atoms with Gasteiger partial charge in [-0.2, -0.15) is 0 Å². The number of cyclic esters (lactones) is 1. The highest BCUT2D eigenvalue weighted by Crippen LogP contribution is 2.22. The molecule has 1 aliphatic heterocycles. The molecule has 1 N–H and O–H groups in total. The van der Waals surface area contributed by atoms with Gasteiger partial charge in [0, 0.05) is 18.2 Å². The van der Waals surface area contributed by atoms with Gasteiger partial charge in [-0.25, -0.2) is 9.79 Å². The number of nitrogens with zero attached hydrogens (tertiary/aromatic N) is 1. The number of nitrogens with one attached hydrogen (secondary N) is 1. The predicted molar refractivity (Wildman–Crippen MR) is 94.3 cm³/mol. The van der Waals surface area contributed by atoms with Crippen molar-refractivity contribution in [1.82, 2.24) is 0 Å². The number of aliphatic imine (C=N–C) groups is 1. The second kappa shape index (κ2) is 7.00. The van der Waals surface area contributed by atoms with Crippen molar-refractivity contribution in [2.75, 3.05) is 12.4 Å². The Morgan fingerprint density at radius 3 is 2.64 bits per heavy atom. The molecular weight excluding hydrogens is 320 g/mol. The SMILES string of the molecule is COc1cccc(C2=N/C(=C\c3ccc(NC(C)=O)cc3)C(=O)O2)c1. The maximum Gasteiger partial charge on any atom is 0.363 e. The highest BCUT2D eigenvalue weighted by atomic mass is 16.6. The first kappa shape index (κ1) is 16.4. The summed E-state index contributed by atoms with van der Waals surface area (Å²) < 4.78 is 10.4. The smallest absolute Gasteiger partial charge is 0.363 e. The first-order valence-electron chi connectivity index (χ1n) is 7.60. The molecule has 0 radical (unpaired) electrons. The zero-order valence-corrected chi connectivity index (χ0v) is 13.8. The number of hydrogen-bond acceptors (Lipinski definition) is 5. The molecule has 0 saturated carbocycles. The Morgan fingerprint density at radius 2 is 1.96 bits per heavy atom. The Kier molecular flexibility index (Phi) is 4.61. The van der Waals surface area contributed by atoms with E-state index in [9.17, 15) is 9.59 Å². The minimum absolute atomic E-state index is 0.141. The van der Waals surface area contributed by atoms with E-state index in [1.54, 1.807) is 61.7 Å². The van der Waals surface area contributed by atoms with Crippen molar-refractivity contribution >= 4 is 29.5 Å². The van der Waals surface area contributed by atoms with Crippen molar-refractivity contribution in [2.24, 2.45) is 4.99 Å². The number of rotatable bonds is 4. The molecule has 6 heteroatoms. The van der Waals surface area contributed by atoms with Crippen molar-refractivity contribution in [3.63, 3.8) is 0 Å². The lowest BCUT2D eigenvalue weighted by molar-refractivity contribution is -0.129. The third-order valence-corrected chi connectivity index (χ3v) is 3.47. The molecule has 1 amide bonds. The zero-order chi connectivity index (χ0) is 17.8. The largest absolute Gasteiger partial charge is 0.497 e. The van der Waals surface area contributed by atoms with Crippen LogP contribution in [-0.2, 0) is 14.3 Å². The van der Waals surface area contributed by atoms with Crippen LogP contribution in [0.3, 0.4) is 0 Å². The van der Waals surface area contributed by atoms with E-state index in [0.29, 0.717) is 17.0 Å². The van der Waals surface area contributed by atoms with Crippen LogP contribution in [0.5, 0.6) is 5.75 Å². The summed E-state index contributed by atoms with van der Waals surface area (Å²) in [5.41, 5.74) is 2.34. The normalized spacial score (nSPS) is 14.9. The van der Waals surface area contributed by atoms with Gasteiger partial charge in [0.1, 0.15) is 5.75 Å². The van der Waals surface area contributed by atoms with E-state index in [4.69, 9.17) is 9.47 Å². The maximum atomic E-state index is 12.0. The molecule has 0 unspecified atom stereocenters. The molecule has 0 saturated heterocycles. The van der Waals surface area contributed by atoms with E-state index in [2.05, 4.69) is 10.3 Å². The number of hydrogen-bond donors (Lipinski definition) is 1. The van der Waals surface area contributed by atoms with Gasteiger partial charge in [-0.3, -0.25) is 4.79 Å². The highest BCUT2D eigenvalue weighted by Gasteiger charge is 2.24. The summed E-state index contributed by atoms with van der Waals surface area (Å²) in [4.78, 5) is 27.3. The molecule has 0 aliphatic carbocycles. The van der Waals surface area contributed by atoms with Crippen molar-refractivity contribution in [2.45, 2.75) is 6.92 Å². The van der Waals surface area contributed by atoms with Crippen LogP contribution in [-0.4, -0.2) is 24.9 Å². The number of carbonyl (C=O) groups is 2. The van der Waals surface area contributed by atoms with Gasteiger partial charge < -0.3 is 14.8 Å². The van der Waals surface area contributed by atoms with E-state index in [1.807, 2.05) is 0 Å². The van der Waals surface area contributed by atoms with E-state index < -0.39 is 5.97 Å². The molecule has 0 bridgehead atoms. The standard InChI is InChI=1S/C19H16N2O4/c1-12(22)20-15-8-6-13(7-9-15)10-17-19(23)25-18(21-17)14-4-3-5-16(11-14)24-2/h3-11H,1-2H3,(H,20,22)/b17-10-. The van der Waals surface area contributed by atoms with Gasteiger partial charge in [0.05, 0.1) is 7.11 Å². The van der Waals surface area contributed by atoms with Crippen LogP contribution < -0.4 is 10.1 Å². The number of anilines is 1. The maximum absolute atomic E-state index is 12.0. The summed E-state index contributed by atoms with van der Waals surface area (Å²) in [7, 11) is 1.57. The van der Waals surface area contributed by atoms with Gasteiger partial charge in [0.2, 0.25) is 11.8 Å². The van der Waals surface area contributed by atoms with Gasteiger partial charge in [-0.05, 0) is 42.0 Å². The molecule has 2 aromatic carbocycles. The van der Waals surface area contributed by atoms with E-state index in [0.717, 1.165) is 5.56 Å². The fraction of sp³-hybridized carbons (Fsp3) is 0.105. The number of amides is 1. The van der Waals surface area contributed by atoms with Gasteiger partial charge in [0.15, 0.2) is 5.70 Å². The molecule has 0 atom stereocenters. The second-order valence-corrected chi connectivity index (χ2v) is 5.37. The molecule has 2 aromatic rings. The summed E-state index contributed by atoms with van der Waals surface area (Å²) in [5.74, 6) is 0.244. The Labute approximate surface area is 144 Å². The summed E-state index contributed by atoms with van der Waals surface area (Å²) in [6.45, 7) is 1.44. The van der Waals surface area contributed by atoms with Crippen LogP contribution >= 0.6 is 0 Å². The second-order valence-electron chi connectivity index (χ2n) is 5.37. The van der Waals surface area contributed by atoms with E-state index in [1.165, 1.54) is 6.92 Å². The van der Waals surface area contributed by atoms with Crippen LogP contribution in [0.1, 0.15) is 18.1 Å². The molecule has 1 aliphatic rings. The quantitative estimate of drug-likeness (QED) is 0.688.